The van der Waals surface area contributed by atoms with Gasteiger partial charge in [-0.15, -0.1) is 0 Å². The molecule has 0 saturated carbocycles. The monoisotopic (exact) mass is 249 g/mol. The van der Waals surface area contributed by atoms with Gasteiger partial charge in [-0.05, 0) is 31.8 Å². The lowest BCUT2D eigenvalue weighted by atomic mass is 10.1. The maximum absolute atomic E-state index is 12.7. The molecule has 1 rings (SSSR count). The fourth-order valence-electron chi connectivity index (χ4n) is 1.46. The molecule has 0 amide bonds. The summed E-state index contributed by atoms with van der Waals surface area (Å²) in [5, 5.41) is 0. The Kier molecular flexibility index (Phi) is 4.37. The van der Waals surface area contributed by atoms with E-state index < -0.39 is 23.2 Å². The highest BCUT2D eigenvalue weighted by molar-refractivity contribution is 7.72. The summed E-state index contributed by atoms with van der Waals surface area (Å²) in [5.41, 5.74) is 0.403. The summed E-state index contributed by atoms with van der Waals surface area (Å²) < 4.78 is 46.7. The fourth-order valence-corrected chi connectivity index (χ4v) is 1.85. The topological polar surface area (TPSA) is 37.4 Å². The zero-order chi connectivity index (χ0) is 12.3. The van der Waals surface area contributed by atoms with E-state index in [0.29, 0.717) is 5.56 Å². The smallest absolute Gasteiger partial charge is 0.257 e. The molecule has 0 spiro atoms. The first-order valence-electron chi connectivity index (χ1n) is 4.62. The zero-order valence-corrected chi connectivity index (χ0v) is 9.83. The minimum absolute atomic E-state index is 0.130. The maximum atomic E-state index is 12.7. The number of benzene rings is 1. The molecule has 3 nitrogen and oxygen atoms in total. The van der Waals surface area contributed by atoms with Gasteiger partial charge >= 0.3 is 0 Å². The average Bonchev–Trinajstić information content (AvgIpc) is 2.17. The lowest BCUT2D eigenvalue weighted by Gasteiger charge is -2.23. The summed E-state index contributed by atoms with van der Waals surface area (Å²) in [6.45, 7) is 0. The highest BCUT2D eigenvalue weighted by atomic mass is 32.2. The third kappa shape index (κ3) is 2.99. The van der Waals surface area contributed by atoms with Crippen LogP contribution >= 0.6 is 0 Å². The third-order valence-electron chi connectivity index (χ3n) is 2.24. The predicted molar refractivity (Wildman–Crippen MR) is 57.5 cm³/mol. The van der Waals surface area contributed by atoms with Crippen molar-refractivity contribution < 1.29 is 17.2 Å². The van der Waals surface area contributed by atoms with Crippen molar-refractivity contribution >= 4 is 10.7 Å². The van der Waals surface area contributed by atoms with Crippen LogP contribution in [0.25, 0.3) is 0 Å². The van der Waals surface area contributed by atoms with Gasteiger partial charge in [0.2, 0.25) is 0 Å². The van der Waals surface area contributed by atoms with Crippen molar-refractivity contribution in [3.05, 3.63) is 29.8 Å². The Hall–Kier alpha value is -1.01. The van der Waals surface area contributed by atoms with Crippen molar-refractivity contribution in [2.24, 2.45) is 0 Å². The predicted octanol–water partition coefficient (Wildman–Crippen LogP) is 1.52. The second-order valence-electron chi connectivity index (χ2n) is 3.59. The zero-order valence-electron chi connectivity index (χ0n) is 8.93. The van der Waals surface area contributed by atoms with Crippen LogP contribution < -0.4 is 0 Å². The summed E-state index contributed by atoms with van der Waals surface area (Å²) in [6.07, 6.45) is -2.51. The highest BCUT2D eigenvalue weighted by Crippen LogP contribution is 2.25. The number of hydrogen-bond acceptors (Lipinski definition) is 3. The molecule has 90 valence electrons. The summed E-state index contributed by atoms with van der Waals surface area (Å²) in [5.74, 6) is 0. The number of nitrogens with zero attached hydrogens (tertiary/aromatic N) is 1. The molecular formula is C10H13F2NO2S. The van der Waals surface area contributed by atoms with E-state index in [0.717, 1.165) is 0 Å². The van der Waals surface area contributed by atoms with Crippen LogP contribution in [-0.2, 0) is 10.7 Å². The molecule has 0 bridgehead atoms. The second kappa shape index (κ2) is 5.36. The van der Waals surface area contributed by atoms with Crippen molar-refractivity contribution in [2.45, 2.75) is 17.4 Å². The van der Waals surface area contributed by atoms with Crippen molar-refractivity contribution in [1.29, 1.82) is 0 Å². The van der Waals surface area contributed by atoms with Gasteiger partial charge in [-0.2, -0.15) is 0 Å². The van der Waals surface area contributed by atoms with E-state index in [1.54, 1.807) is 14.1 Å². The van der Waals surface area contributed by atoms with Crippen LogP contribution in [0.3, 0.4) is 0 Å². The molecule has 1 aromatic carbocycles. The van der Waals surface area contributed by atoms with Crippen LogP contribution in [0.1, 0.15) is 11.6 Å². The lowest BCUT2D eigenvalue weighted by molar-refractivity contribution is 0.0488. The normalized spacial score (nSPS) is 13.7. The first kappa shape index (κ1) is 13.1. The molecule has 0 heterocycles. The summed E-state index contributed by atoms with van der Waals surface area (Å²) in [7, 11) is 0.450. The van der Waals surface area contributed by atoms with Crippen LogP contribution in [-0.4, -0.2) is 33.8 Å². The summed E-state index contributed by atoms with van der Waals surface area (Å²) in [4.78, 5) is 1.53. The Balaban J connectivity index is 3.03. The number of rotatable bonds is 4. The summed E-state index contributed by atoms with van der Waals surface area (Å²) >= 11 is 0. The molecule has 1 aromatic rings. The Morgan fingerprint density at radius 3 is 1.94 bits per heavy atom. The molecule has 1 atom stereocenters. The van der Waals surface area contributed by atoms with Gasteiger partial charge in [0.15, 0.2) is 10.7 Å². The number of thiol groups is 1. The van der Waals surface area contributed by atoms with Gasteiger partial charge in [-0.1, -0.05) is 12.1 Å². The van der Waals surface area contributed by atoms with E-state index in [1.165, 1.54) is 29.2 Å². The fraction of sp³-hybridized carbons (Fsp3) is 0.400. The first-order valence-corrected chi connectivity index (χ1v) is 5.80. The van der Waals surface area contributed by atoms with Crippen molar-refractivity contribution in [2.75, 3.05) is 14.1 Å². The molecule has 0 N–H and O–H groups in total. The molecule has 6 heteroatoms. The molecule has 0 aliphatic rings. The SMILES string of the molecule is CN(C)C(c1ccc([SH](=O)=O)cc1)C(F)F. The Morgan fingerprint density at radius 2 is 1.62 bits per heavy atom. The largest absolute Gasteiger partial charge is 0.298 e. The lowest BCUT2D eigenvalue weighted by Crippen LogP contribution is -2.26. The maximum Gasteiger partial charge on any atom is 0.257 e. The van der Waals surface area contributed by atoms with Crippen LogP contribution in [0.5, 0.6) is 0 Å². The van der Waals surface area contributed by atoms with Crippen molar-refractivity contribution in [3.8, 4) is 0 Å². The third-order valence-corrected chi connectivity index (χ3v) is 2.96. The van der Waals surface area contributed by atoms with E-state index in [9.17, 15) is 17.2 Å². The van der Waals surface area contributed by atoms with Crippen LogP contribution in [0.15, 0.2) is 29.2 Å². The van der Waals surface area contributed by atoms with Crippen molar-refractivity contribution in [3.63, 3.8) is 0 Å². The van der Waals surface area contributed by atoms with Crippen LogP contribution in [0.4, 0.5) is 8.78 Å². The molecule has 0 fully saturated rings. The molecular weight excluding hydrogens is 236 g/mol. The molecule has 0 aromatic heterocycles. The minimum atomic E-state index is -2.66. The Morgan fingerprint density at radius 1 is 1.12 bits per heavy atom. The quantitative estimate of drug-likeness (QED) is 0.822. The summed E-state index contributed by atoms with van der Waals surface area (Å²) in [6, 6.07) is 4.48. The van der Waals surface area contributed by atoms with Gasteiger partial charge in [-0.3, -0.25) is 4.90 Å². The molecule has 0 radical (unpaired) electrons. The number of alkyl halides is 2. The average molecular weight is 249 g/mol. The van der Waals surface area contributed by atoms with Gasteiger partial charge in [0.25, 0.3) is 6.43 Å². The molecule has 0 saturated heterocycles. The molecule has 1 unspecified atom stereocenters. The van der Waals surface area contributed by atoms with Gasteiger partial charge in [0.05, 0.1) is 10.9 Å². The van der Waals surface area contributed by atoms with Gasteiger partial charge in [0, 0.05) is 0 Å². The molecule has 16 heavy (non-hydrogen) atoms. The van der Waals surface area contributed by atoms with Crippen LogP contribution in [0.2, 0.25) is 0 Å². The molecule has 0 aliphatic carbocycles. The van der Waals surface area contributed by atoms with E-state index >= 15 is 0 Å². The highest BCUT2D eigenvalue weighted by Gasteiger charge is 2.24. The van der Waals surface area contributed by atoms with E-state index in [4.69, 9.17) is 0 Å². The Bertz CT molecular complexity index is 399. The Labute approximate surface area is 94.6 Å². The standard InChI is InChI=1S/C10H13F2NO2S/c1-13(2)9(10(11)12)7-3-5-8(6-4-7)16(14)15/h3-6,9-10,16H,1-2H3. The number of hydrogen-bond donors (Lipinski definition) is 1. The van der Waals surface area contributed by atoms with E-state index in [-0.39, 0.29) is 4.90 Å². The van der Waals surface area contributed by atoms with E-state index in [1.807, 2.05) is 0 Å². The second-order valence-corrected chi connectivity index (χ2v) is 4.62. The van der Waals surface area contributed by atoms with Crippen LogP contribution in [0, 0.1) is 0 Å². The number of halogens is 2. The van der Waals surface area contributed by atoms with Gasteiger partial charge < -0.3 is 0 Å². The van der Waals surface area contributed by atoms with Gasteiger partial charge in [-0.25, -0.2) is 17.2 Å². The first-order chi connectivity index (χ1) is 7.43. The molecule has 0 aliphatic heterocycles. The van der Waals surface area contributed by atoms with Gasteiger partial charge in [0.1, 0.15) is 0 Å². The van der Waals surface area contributed by atoms with E-state index in [2.05, 4.69) is 0 Å². The van der Waals surface area contributed by atoms with Crippen molar-refractivity contribution in [1.82, 2.24) is 4.90 Å². The minimum Gasteiger partial charge on any atom is -0.298 e.